The molecule has 0 unspecified atom stereocenters. The Labute approximate surface area is 54.3 Å². The largest absolute Gasteiger partial charge is 0.251 e. The Bertz CT molecular complexity index is 191. The van der Waals surface area contributed by atoms with Crippen LogP contribution in [0.5, 0.6) is 0 Å². The van der Waals surface area contributed by atoms with Crippen molar-refractivity contribution < 1.29 is 4.99 Å². The Morgan fingerprint density at radius 2 is 2.44 bits per heavy atom. The lowest BCUT2D eigenvalue weighted by Gasteiger charge is -1.82. The predicted molar refractivity (Wildman–Crippen MR) is 36.3 cm³/mol. The second-order valence-corrected chi connectivity index (χ2v) is 1.69. The molecular formula is C7H9N2+. The van der Waals surface area contributed by atoms with Crippen molar-refractivity contribution in [3.63, 3.8) is 0 Å². The van der Waals surface area contributed by atoms with Gasteiger partial charge in [-0.25, -0.2) is 4.99 Å². The average molecular weight is 121 g/mol. The first kappa shape index (κ1) is 5.95. The molecular weight excluding hydrogens is 112 g/mol. The first-order chi connectivity index (χ1) is 4.43. The summed E-state index contributed by atoms with van der Waals surface area (Å²) in [5.41, 5.74) is 0.958. The summed E-state index contributed by atoms with van der Waals surface area (Å²) in [6.07, 6.45) is 3.61. The van der Waals surface area contributed by atoms with Crippen LogP contribution in [-0.2, 0) is 0 Å². The van der Waals surface area contributed by atoms with E-state index >= 15 is 0 Å². The van der Waals surface area contributed by atoms with Crippen LogP contribution in [0.3, 0.4) is 0 Å². The van der Waals surface area contributed by atoms with Crippen molar-refractivity contribution in [1.82, 2.24) is 4.98 Å². The van der Waals surface area contributed by atoms with Gasteiger partial charge in [-0.2, -0.15) is 0 Å². The molecule has 1 aromatic heterocycles. The third-order valence-corrected chi connectivity index (χ3v) is 0.980. The van der Waals surface area contributed by atoms with Crippen molar-refractivity contribution in [2.75, 3.05) is 7.05 Å². The molecule has 0 amide bonds. The van der Waals surface area contributed by atoms with Gasteiger partial charge >= 0.3 is 0 Å². The fourth-order valence-corrected chi connectivity index (χ4v) is 0.609. The molecule has 0 saturated carbocycles. The molecule has 0 fully saturated rings. The molecule has 0 spiro atoms. The van der Waals surface area contributed by atoms with Crippen molar-refractivity contribution in [2.45, 2.75) is 0 Å². The molecule has 0 aromatic carbocycles. The molecule has 0 aliphatic rings. The zero-order chi connectivity index (χ0) is 6.53. The highest BCUT2D eigenvalue weighted by molar-refractivity contribution is 5.71. The summed E-state index contributed by atoms with van der Waals surface area (Å²) in [5, 5.41) is 0. The summed E-state index contributed by atoms with van der Waals surface area (Å²) in [6.45, 7) is 0. The summed E-state index contributed by atoms with van der Waals surface area (Å²) in [5.74, 6) is 0. The minimum absolute atomic E-state index is 0.958. The zero-order valence-corrected chi connectivity index (χ0v) is 5.33. The number of hydrogen-bond acceptors (Lipinski definition) is 1. The Morgan fingerprint density at radius 1 is 1.56 bits per heavy atom. The topological polar surface area (TPSA) is 26.9 Å². The van der Waals surface area contributed by atoms with Crippen LogP contribution in [0.1, 0.15) is 5.69 Å². The van der Waals surface area contributed by atoms with E-state index in [1.165, 1.54) is 0 Å². The smallest absolute Gasteiger partial charge is 0.187 e. The molecule has 0 saturated heterocycles. The highest BCUT2D eigenvalue weighted by atomic mass is 14.7. The Balaban J connectivity index is 2.85. The fourth-order valence-electron chi connectivity index (χ4n) is 0.609. The SMILES string of the molecule is C[NH+]=Cc1ccccn1. The van der Waals surface area contributed by atoms with Crippen LogP contribution in [0.4, 0.5) is 0 Å². The summed E-state index contributed by atoms with van der Waals surface area (Å²) >= 11 is 0. The number of aromatic nitrogens is 1. The summed E-state index contributed by atoms with van der Waals surface area (Å²) in [4.78, 5) is 6.95. The van der Waals surface area contributed by atoms with Gasteiger partial charge in [0.15, 0.2) is 6.21 Å². The van der Waals surface area contributed by atoms with Crippen molar-refractivity contribution in [3.8, 4) is 0 Å². The Hall–Kier alpha value is -1.18. The third kappa shape index (κ3) is 1.64. The first-order valence-electron chi connectivity index (χ1n) is 2.85. The molecule has 0 radical (unpaired) electrons. The van der Waals surface area contributed by atoms with Gasteiger partial charge in [-0.3, -0.25) is 4.98 Å². The van der Waals surface area contributed by atoms with Crippen molar-refractivity contribution in [3.05, 3.63) is 30.1 Å². The molecule has 2 heteroatoms. The molecule has 0 aliphatic carbocycles. The molecule has 0 aliphatic heterocycles. The average Bonchev–Trinajstić information content (AvgIpc) is 1.91. The number of hydrogen-bond donors (Lipinski definition) is 1. The molecule has 1 rings (SSSR count). The fraction of sp³-hybridized carbons (Fsp3) is 0.143. The second-order valence-electron chi connectivity index (χ2n) is 1.69. The van der Waals surface area contributed by atoms with Crippen LogP contribution in [-0.4, -0.2) is 18.2 Å². The Kier molecular flexibility index (Phi) is 1.96. The van der Waals surface area contributed by atoms with Crippen LogP contribution < -0.4 is 4.99 Å². The molecule has 2 nitrogen and oxygen atoms in total. The highest BCUT2D eigenvalue weighted by Crippen LogP contribution is 1.84. The number of nitrogens with zero attached hydrogens (tertiary/aromatic N) is 1. The van der Waals surface area contributed by atoms with Gasteiger partial charge in [0, 0.05) is 6.20 Å². The van der Waals surface area contributed by atoms with Gasteiger partial charge in [-0.15, -0.1) is 0 Å². The van der Waals surface area contributed by atoms with E-state index in [-0.39, 0.29) is 0 Å². The lowest BCUT2D eigenvalue weighted by Crippen LogP contribution is -2.63. The first-order valence-corrected chi connectivity index (χ1v) is 2.85. The lowest BCUT2D eigenvalue weighted by atomic mass is 10.4. The summed E-state index contributed by atoms with van der Waals surface area (Å²) in [7, 11) is 1.86. The molecule has 1 aromatic rings. The van der Waals surface area contributed by atoms with E-state index < -0.39 is 0 Å². The molecule has 0 bridgehead atoms. The minimum Gasteiger partial charge on any atom is -0.251 e. The van der Waals surface area contributed by atoms with Gasteiger partial charge in [0.05, 0.1) is 0 Å². The monoisotopic (exact) mass is 121 g/mol. The van der Waals surface area contributed by atoms with Gasteiger partial charge in [-0.05, 0) is 12.1 Å². The standard InChI is InChI=1S/C7H8N2/c1-8-6-7-4-2-3-5-9-7/h2-6H,1H3/p+1. The molecule has 9 heavy (non-hydrogen) atoms. The van der Waals surface area contributed by atoms with E-state index in [1.54, 1.807) is 6.20 Å². The van der Waals surface area contributed by atoms with E-state index in [2.05, 4.69) is 9.98 Å². The molecule has 46 valence electrons. The van der Waals surface area contributed by atoms with Crippen molar-refractivity contribution >= 4 is 6.21 Å². The maximum Gasteiger partial charge on any atom is 0.187 e. The van der Waals surface area contributed by atoms with Crippen LogP contribution in [0, 0.1) is 0 Å². The van der Waals surface area contributed by atoms with Gasteiger partial charge in [0.1, 0.15) is 12.7 Å². The van der Waals surface area contributed by atoms with E-state index in [4.69, 9.17) is 0 Å². The maximum atomic E-state index is 4.05. The summed E-state index contributed by atoms with van der Waals surface area (Å²) < 4.78 is 0. The number of rotatable bonds is 1. The molecule has 1 heterocycles. The molecule has 0 atom stereocenters. The van der Waals surface area contributed by atoms with Crippen LogP contribution in [0.25, 0.3) is 0 Å². The quantitative estimate of drug-likeness (QED) is 0.484. The van der Waals surface area contributed by atoms with Crippen molar-refractivity contribution in [1.29, 1.82) is 0 Å². The third-order valence-electron chi connectivity index (χ3n) is 0.980. The number of pyridine rings is 1. The van der Waals surface area contributed by atoms with E-state index in [0.29, 0.717) is 0 Å². The van der Waals surface area contributed by atoms with E-state index in [1.807, 2.05) is 31.5 Å². The number of nitrogens with one attached hydrogen (secondary N) is 1. The van der Waals surface area contributed by atoms with E-state index in [9.17, 15) is 0 Å². The van der Waals surface area contributed by atoms with Gasteiger partial charge in [0.2, 0.25) is 0 Å². The van der Waals surface area contributed by atoms with Crippen LogP contribution in [0.2, 0.25) is 0 Å². The summed E-state index contributed by atoms with van der Waals surface area (Å²) in [6, 6.07) is 5.79. The van der Waals surface area contributed by atoms with Crippen LogP contribution in [0.15, 0.2) is 24.4 Å². The normalized spacial score (nSPS) is 10.3. The predicted octanol–water partition coefficient (Wildman–Crippen LogP) is -0.789. The minimum atomic E-state index is 0.958. The van der Waals surface area contributed by atoms with Gasteiger partial charge < -0.3 is 0 Å². The lowest BCUT2D eigenvalue weighted by molar-refractivity contribution is -0.413. The second kappa shape index (κ2) is 2.97. The van der Waals surface area contributed by atoms with E-state index in [0.717, 1.165) is 5.69 Å². The van der Waals surface area contributed by atoms with Crippen molar-refractivity contribution in [2.24, 2.45) is 0 Å². The Morgan fingerprint density at radius 3 is 3.00 bits per heavy atom. The molecule has 1 N–H and O–H groups in total. The zero-order valence-electron chi connectivity index (χ0n) is 5.33. The van der Waals surface area contributed by atoms with Crippen LogP contribution >= 0.6 is 0 Å². The highest BCUT2D eigenvalue weighted by Gasteiger charge is 1.84. The van der Waals surface area contributed by atoms with Gasteiger partial charge in [0.25, 0.3) is 0 Å². The van der Waals surface area contributed by atoms with Gasteiger partial charge in [-0.1, -0.05) is 6.07 Å². The maximum absolute atomic E-state index is 4.05.